The first kappa shape index (κ1) is 25.3. The van der Waals surface area contributed by atoms with Crippen LogP contribution in [0, 0.1) is 0 Å². The molecule has 1 saturated heterocycles. The number of halogens is 2. The van der Waals surface area contributed by atoms with Crippen LogP contribution in [0.1, 0.15) is 17.2 Å². The number of aliphatic hydroxyl groups excluding tert-OH is 1. The molecule has 1 N–H and O–H groups in total. The summed E-state index contributed by atoms with van der Waals surface area (Å²) in [6.45, 7) is 0. The lowest BCUT2D eigenvalue weighted by atomic mass is 9.95. The van der Waals surface area contributed by atoms with Crippen molar-refractivity contribution in [2.45, 2.75) is 6.04 Å². The van der Waals surface area contributed by atoms with Gasteiger partial charge in [-0.05, 0) is 42.0 Å². The molecule has 8 nitrogen and oxygen atoms in total. The highest BCUT2D eigenvalue weighted by molar-refractivity contribution is 6.52. The number of methoxy groups -OCH3 is 2. The van der Waals surface area contributed by atoms with E-state index in [0.717, 1.165) is 5.69 Å². The van der Waals surface area contributed by atoms with Crippen molar-refractivity contribution in [3.05, 3.63) is 81.6 Å². The highest BCUT2D eigenvalue weighted by Gasteiger charge is 2.47. The zero-order valence-corrected chi connectivity index (χ0v) is 21.5. The van der Waals surface area contributed by atoms with Gasteiger partial charge < -0.3 is 19.5 Å². The number of aromatic nitrogens is 1. The Bertz CT molecular complexity index is 1360. The Labute approximate surface area is 218 Å². The third-order valence-electron chi connectivity index (χ3n) is 5.88. The van der Waals surface area contributed by atoms with Crippen LogP contribution >= 0.6 is 23.2 Å². The maximum atomic E-state index is 13.4. The molecule has 0 spiro atoms. The summed E-state index contributed by atoms with van der Waals surface area (Å²) in [5.74, 6) is -1.97. The largest absolute Gasteiger partial charge is 0.507 e. The lowest BCUT2D eigenvalue weighted by molar-refractivity contribution is -0.132. The van der Waals surface area contributed by atoms with Crippen LogP contribution in [-0.2, 0) is 9.59 Å². The minimum Gasteiger partial charge on any atom is -0.507 e. The SMILES string of the molecule is COc1c(Cl)cc(/C(O)=C2\C(=O)C(=O)N(c3ccc(N(C)C)cc3)C2c2cccnc2)c(OC)c1Cl. The fourth-order valence-electron chi connectivity index (χ4n) is 4.15. The van der Waals surface area contributed by atoms with Crippen molar-refractivity contribution in [3.8, 4) is 11.5 Å². The molecule has 1 aromatic heterocycles. The molecule has 0 saturated carbocycles. The topological polar surface area (TPSA) is 92.2 Å². The highest BCUT2D eigenvalue weighted by Crippen LogP contribution is 2.48. The second-order valence-corrected chi connectivity index (χ2v) is 8.94. The number of carbonyl (C=O) groups excluding carboxylic acids is 2. The monoisotopic (exact) mass is 527 g/mol. The molecule has 10 heteroatoms. The van der Waals surface area contributed by atoms with Crippen LogP contribution in [0.25, 0.3) is 5.76 Å². The van der Waals surface area contributed by atoms with E-state index in [1.54, 1.807) is 30.5 Å². The summed E-state index contributed by atoms with van der Waals surface area (Å²) in [4.78, 5) is 34.1. The van der Waals surface area contributed by atoms with E-state index in [1.165, 1.54) is 31.4 Å². The summed E-state index contributed by atoms with van der Waals surface area (Å²) >= 11 is 12.7. The van der Waals surface area contributed by atoms with E-state index in [2.05, 4.69) is 4.98 Å². The number of nitrogens with zero attached hydrogens (tertiary/aromatic N) is 3. The quantitative estimate of drug-likeness (QED) is 0.271. The third-order valence-corrected chi connectivity index (χ3v) is 6.51. The molecular weight excluding hydrogens is 505 g/mol. The number of amides is 1. The Morgan fingerprint density at radius 2 is 1.72 bits per heavy atom. The van der Waals surface area contributed by atoms with Crippen molar-refractivity contribution in [2.75, 3.05) is 38.1 Å². The molecule has 1 aliphatic rings. The number of pyridine rings is 1. The molecule has 2 heterocycles. The summed E-state index contributed by atoms with van der Waals surface area (Å²) in [5.41, 5.74) is 1.82. The van der Waals surface area contributed by atoms with Gasteiger partial charge in [0.15, 0.2) is 11.5 Å². The van der Waals surface area contributed by atoms with Gasteiger partial charge in [0, 0.05) is 37.9 Å². The van der Waals surface area contributed by atoms with Gasteiger partial charge in [-0.1, -0.05) is 29.3 Å². The van der Waals surface area contributed by atoms with Crippen LogP contribution in [0.15, 0.2) is 60.4 Å². The zero-order valence-electron chi connectivity index (χ0n) is 20.0. The number of aliphatic hydroxyl groups is 1. The van der Waals surface area contributed by atoms with Gasteiger partial charge in [0.05, 0.1) is 36.4 Å². The molecule has 1 unspecified atom stereocenters. The highest BCUT2D eigenvalue weighted by atomic mass is 35.5. The molecule has 1 aliphatic heterocycles. The number of Topliss-reactive ketones (excluding diaryl/α,β-unsaturated/α-hetero) is 1. The summed E-state index contributed by atoms with van der Waals surface area (Å²) < 4.78 is 10.6. The molecule has 1 atom stereocenters. The van der Waals surface area contributed by atoms with Gasteiger partial charge in [-0.3, -0.25) is 19.5 Å². The van der Waals surface area contributed by atoms with Gasteiger partial charge in [0.25, 0.3) is 11.7 Å². The van der Waals surface area contributed by atoms with Crippen molar-refractivity contribution >= 4 is 52.0 Å². The van der Waals surface area contributed by atoms with Gasteiger partial charge in [-0.2, -0.15) is 0 Å². The van der Waals surface area contributed by atoms with Crippen LogP contribution in [0.4, 0.5) is 11.4 Å². The standard InChI is InChI=1S/C26H23Cl2N3O5/c1-30(2)15-7-9-16(10-8-15)31-21(14-6-5-11-29-13-14)19(23(33)26(31)34)22(32)17-12-18(27)25(36-4)20(28)24(17)35-3/h5-13,21,32H,1-4H3/b22-19+. The van der Waals surface area contributed by atoms with Crippen molar-refractivity contribution < 1.29 is 24.2 Å². The molecule has 186 valence electrons. The Morgan fingerprint density at radius 1 is 1.06 bits per heavy atom. The predicted molar refractivity (Wildman–Crippen MR) is 139 cm³/mol. The van der Waals surface area contributed by atoms with E-state index in [1.807, 2.05) is 31.1 Å². The summed E-state index contributed by atoms with van der Waals surface area (Å²) in [6.07, 6.45) is 3.11. The minimum atomic E-state index is -0.965. The number of carbonyl (C=O) groups is 2. The molecule has 0 radical (unpaired) electrons. The molecule has 0 bridgehead atoms. The summed E-state index contributed by atoms with van der Waals surface area (Å²) in [7, 11) is 6.54. The van der Waals surface area contributed by atoms with Crippen molar-refractivity contribution in [1.29, 1.82) is 0 Å². The maximum Gasteiger partial charge on any atom is 0.300 e. The van der Waals surface area contributed by atoms with E-state index < -0.39 is 23.5 Å². The summed E-state index contributed by atoms with van der Waals surface area (Å²) in [6, 6.07) is 11.0. The molecule has 1 fully saturated rings. The first-order valence-electron chi connectivity index (χ1n) is 10.8. The van der Waals surface area contributed by atoms with Crippen LogP contribution in [-0.4, -0.2) is 50.1 Å². The van der Waals surface area contributed by atoms with Crippen LogP contribution in [0.5, 0.6) is 11.5 Å². The molecule has 1 amide bonds. The Balaban J connectivity index is 1.97. The molecule has 36 heavy (non-hydrogen) atoms. The lowest BCUT2D eigenvalue weighted by Gasteiger charge is -2.26. The van der Waals surface area contributed by atoms with E-state index in [0.29, 0.717) is 11.3 Å². The Morgan fingerprint density at radius 3 is 2.28 bits per heavy atom. The second kappa shape index (κ2) is 10.1. The Kier molecular flexibility index (Phi) is 7.10. The van der Waals surface area contributed by atoms with E-state index in [9.17, 15) is 14.7 Å². The van der Waals surface area contributed by atoms with Crippen LogP contribution in [0.2, 0.25) is 10.0 Å². The van der Waals surface area contributed by atoms with Crippen LogP contribution in [0.3, 0.4) is 0 Å². The lowest BCUT2D eigenvalue weighted by Crippen LogP contribution is -2.29. The number of hydrogen-bond acceptors (Lipinski definition) is 7. The maximum absolute atomic E-state index is 13.4. The number of anilines is 2. The number of rotatable bonds is 6. The van der Waals surface area contributed by atoms with Gasteiger partial charge >= 0.3 is 0 Å². The molecule has 4 rings (SSSR count). The third kappa shape index (κ3) is 4.23. The van der Waals surface area contributed by atoms with Crippen molar-refractivity contribution in [3.63, 3.8) is 0 Å². The molecule has 0 aliphatic carbocycles. The second-order valence-electron chi connectivity index (χ2n) is 8.15. The first-order valence-corrected chi connectivity index (χ1v) is 11.6. The molecule has 3 aromatic rings. The number of ketones is 1. The Hall–Kier alpha value is -3.75. The smallest absolute Gasteiger partial charge is 0.300 e. The van der Waals surface area contributed by atoms with E-state index in [-0.39, 0.29) is 32.7 Å². The average molecular weight is 528 g/mol. The van der Waals surface area contributed by atoms with Gasteiger partial charge in [-0.15, -0.1) is 0 Å². The van der Waals surface area contributed by atoms with Crippen molar-refractivity contribution in [1.82, 2.24) is 4.98 Å². The predicted octanol–water partition coefficient (Wildman–Crippen LogP) is 5.10. The fraction of sp³-hybridized carbons (Fsp3) is 0.192. The zero-order chi connectivity index (χ0) is 26.1. The van der Waals surface area contributed by atoms with Gasteiger partial charge in [-0.25, -0.2) is 0 Å². The van der Waals surface area contributed by atoms with Crippen molar-refractivity contribution in [2.24, 2.45) is 0 Å². The molecular formula is C26H23Cl2N3O5. The average Bonchev–Trinajstić information content (AvgIpc) is 3.14. The normalized spacial score (nSPS) is 16.8. The number of ether oxygens (including phenoxy) is 2. The van der Waals surface area contributed by atoms with Gasteiger partial charge in [0.1, 0.15) is 10.8 Å². The number of benzene rings is 2. The summed E-state index contributed by atoms with van der Waals surface area (Å²) in [5, 5.41) is 11.6. The van der Waals surface area contributed by atoms with E-state index >= 15 is 0 Å². The first-order chi connectivity index (χ1) is 17.2. The molecule has 2 aromatic carbocycles. The van der Waals surface area contributed by atoms with E-state index in [4.69, 9.17) is 32.7 Å². The minimum absolute atomic E-state index is 0.0143. The fourth-order valence-corrected chi connectivity index (χ4v) is 4.84. The number of hydrogen-bond donors (Lipinski definition) is 1. The van der Waals surface area contributed by atoms with Crippen LogP contribution < -0.4 is 19.3 Å². The van der Waals surface area contributed by atoms with Gasteiger partial charge in [0.2, 0.25) is 0 Å².